The van der Waals surface area contributed by atoms with Crippen LogP contribution in [0.1, 0.15) is 49.2 Å². The summed E-state index contributed by atoms with van der Waals surface area (Å²) in [7, 11) is 0. The summed E-state index contributed by atoms with van der Waals surface area (Å²) in [4.78, 5) is 4.70. The molecule has 1 heterocycles. The van der Waals surface area contributed by atoms with Crippen molar-refractivity contribution in [3.8, 4) is 0 Å². The molecule has 14 heavy (non-hydrogen) atoms. The Labute approximate surface area is 89.5 Å². The van der Waals surface area contributed by atoms with Crippen molar-refractivity contribution in [2.75, 3.05) is 6.54 Å². The highest BCUT2D eigenvalue weighted by molar-refractivity contribution is 7.09. The van der Waals surface area contributed by atoms with Gasteiger partial charge in [0.25, 0.3) is 0 Å². The lowest BCUT2D eigenvalue weighted by molar-refractivity contribution is 0.655. The summed E-state index contributed by atoms with van der Waals surface area (Å²) in [5, 5.41) is 3.53. The van der Waals surface area contributed by atoms with Crippen LogP contribution in [0.25, 0.3) is 0 Å². The molecule has 3 heteroatoms. The van der Waals surface area contributed by atoms with Gasteiger partial charge in [-0.25, -0.2) is 4.98 Å². The number of hydrogen-bond acceptors (Lipinski definition) is 3. The molecular formula is C11H18N2S. The minimum Gasteiger partial charge on any atom is -0.330 e. The quantitative estimate of drug-likeness (QED) is 0.830. The highest BCUT2D eigenvalue weighted by Gasteiger charge is 2.36. The summed E-state index contributed by atoms with van der Waals surface area (Å²) in [6, 6.07) is 0. The molecule has 78 valence electrons. The van der Waals surface area contributed by atoms with Gasteiger partial charge in [0.2, 0.25) is 0 Å². The third-order valence-corrected chi connectivity index (χ3v) is 4.16. The molecule has 1 aliphatic carbocycles. The molecule has 0 bridgehead atoms. The summed E-state index contributed by atoms with van der Waals surface area (Å²) in [6.07, 6.45) is 2.42. The molecule has 1 aromatic heterocycles. The van der Waals surface area contributed by atoms with Crippen molar-refractivity contribution in [1.82, 2.24) is 4.98 Å². The van der Waals surface area contributed by atoms with Crippen LogP contribution in [0.5, 0.6) is 0 Å². The Morgan fingerprint density at radius 1 is 1.71 bits per heavy atom. The van der Waals surface area contributed by atoms with Gasteiger partial charge in [-0.1, -0.05) is 13.8 Å². The van der Waals surface area contributed by atoms with Crippen LogP contribution in [0.15, 0.2) is 5.38 Å². The maximum absolute atomic E-state index is 5.71. The number of nitrogens with two attached hydrogens (primary N) is 1. The van der Waals surface area contributed by atoms with Crippen molar-refractivity contribution in [1.29, 1.82) is 0 Å². The zero-order valence-electron chi connectivity index (χ0n) is 8.86. The molecule has 1 aromatic rings. The Balaban J connectivity index is 2.09. The van der Waals surface area contributed by atoms with Crippen molar-refractivity contribution in [3.63, 3.8) is 0 Å². The first-order valence-electron chi connectivity index (χ1n) is 5.41. The molecule has 0 spiro atoms. The van der Waals surface area contributed by atoms with E-state index in [2.05, 4.69) is 19.2 Å². The highest BCUT2D eigenvalue weighted by Crippen LogP contribution is 2.48. The Hall–Kier alpha value is -0.410. The van der Waals surface area contributed by atoms with Gasteiger partial charge in [0.05, 0.1) is 10.7 Å². The molecule has 3 atom stereocenters. The Morgan fingerprint density at radius 2 is 2.43 bits per heavy atom. The Morgan fingerprint density at radius 3 is 2.93 bits per heavy atom. The maximum atomic E-state index is 5.71. The fourth-order valence-corrected chi connectivity index (χ4v) is 2.97. The largest absolute Gasteiger partial charge is 0.330 e. The molecule has 0 saturated heterocycles. The molecule has 0 aromatic carbocycles. The van der Waals surface area contributed by atoms with Crippen molar-refractivity contribution in [2.45, 2.75) is 38.5 Å². The van der Waals surface area contributed by atoms with Gasteiger partial charge in [-0.15, -0.1) is 11.3 Å². The van der Waals surface area contributed by atoms with E-state index < -0.39 is 0 Å². The average Bonchev–Trinajstić information content (AvgIpc) is 2.74. The van der Waals surface area contributed by atoms with E-state index in [1.807, 2.05) is 11.3 Å². The van der Waals surface area contributed by atoms with E-state index in [1.165, 1.54) is 17.1 Å². The van der Waals surface area contributed by atoms with Gasteiger partial charge in [0.15, 0.2) is 0 Å². The predicted octanol–water partition coefficient (Wildman–Crippen LogP) is 2.72. The Bertz CT molecular complexity index is 304. The van der Waals surface area contributed by atoms with Gasteiger partial charge >= 0.3 is 0 Å². The minimum atomic E-state index is 0.467. The third-order valence-electron chi connectivity index (χ3n) is 3.16. The molecule has 0 radical (unpaired) electrons. The number of rotatable bonds is 4. The van der Waals surface area contributed by atoms with Crippen LogP contribution in [-0.4, -0.2) is 11.5 Å². The van der Waals surface area contributed by atoms with Gasteiger partial charge in [0.1, 0.15) is 0 Å². The second-order valence-electron chi connectivity index (χ2n) is 4.27. The first-order valence-corrected chi connectivity index (χ1v) is 6.29. The van der Waals surface area contributed by atoms with E-state index in [0.717, 1.165) is 24.8 Å². The fraction of sp³-hybridized carbons (Fsp3) is 0.727. The SMILES string of the molecule is CCC(CN)c1csc(C2CC2C)n1. The molecular weight excluding hydrogens is 192 g/mol. The highest BCUT2D eigenvalue weighted by atomic mass is 32.1. The summed E-state index contributed by atoms with van der Waals surface area (Å²) in [5.74, 6) is 2.07. The number of hydrogen-bond donors (Lipinski definition) is 1. The molecule has 0 aliphatic heterocycles. The summed E-state index contributed by atoms with van der Waals surface area (Å²) in [6.45, 7) is 5.20. The smallest absolute Gasteiger partial charge is 0.0962 e. The lowest BCUT2D eigenvalue weighted by atomic mass is 10.0. The van der Waals surface area contributed by atoms with E-state index in [-0.39, 0.29) is 0 Å². The fourth-order valence-electron chi connectivity index (χ4n) is 1.82. The van der Waals surface area contributed by atoms with Crippen LogP contribution in [-0.2, 0) is 0 Å². The van der Waals surface area contributed by atoms with Gasteiger partial charge < -0.3 is 5.73 Å². The molecule has 3 unspecified atom stereocenters. The van der Waals surface area contributed by atoms with Crippen LogP contribution < -0.4 is 5.73 Å². The van der Waals surface area contributed by atoms with E-state index in [4.69, 9.17) is 10.7 Å². The monoisotopic (exact) mass is 210 g/mol. The summed E-state index contributed by atoms with van der Waals surface area (Å²) >= 11 is 1.82. The third kappa shape index (κ3) is 1.84. The zero-order valence-corrected chi connectivity index (χ0v) is 9.68. The van der Waals surface area contributed by atoms with Crippen LogP contribution >= 0.6 is 11.3 Å². The predicted molar refractivity (Wildman–Crippen MR) is 60.7 cm³/mol. The molecule has 1 fully saturated rings. The van der Waals surface area contributed by atoms with Crippen molar-refractivity contribution in [3.05, 3.63) is 16.1 Å². The number of nitrogens with zero attached hydrogens (tertiary/aromatic N) is 1. The zero-order chi connectivity index (χ0) is 10.1. The normalized spacial score (nSPS) is 27.6. The maximum Gasteiger partial charge on any atom is 0.0962 e. The van der Waals surface area contributed by atoms with Crippen LogP contribution in [0, 0.1) is 5.92 Å². The Kier molecular flexibility index (Phi) is 2.88. The topological polar surface area (TPSA) is 38.9 Å². The van der Waals surface area contributed by atoms with Gasteiger partial charge in [-0.2, -0.15) is 0 Å². The number of aromatic nitrogens is 1. The lowest BCUT2D eigenvalue weighted by Gasteiger charge is -2.07. The van der Waals surface area contributed by atoms with Crippen molar-refractivity contribution < 1.29 is 0 Å². The molecule has 0 amide bonds. The van der Waals surface area contributed by atoms with Crippen LogP contribution in [0.3, 0.4) is 0 Å². The number of thiazole rings is 1. The molecule has 2 nitrogen and oxygen atoms in total. The molecule has 2 N–H and O–H groups in total. The second kappa shape index (κ2) is 3.99. The second-order valence-corrected chi connectivity index (χ2v) is 5.16. The molecule has 1 saturated carbocycles. The van der Waals surface area contributed by atoms with Crippen molar-refractivity contribution >= 4 is 11.3 Å². The van der Waals surface area contributed by atoms with E-state index >= 15 is 0 Å². The average molecular weight is 210 g/mol. The van der Waals surface area contributed by atoms with E-state index in [1.54, 1.807) is 0 Å². The van der Waals surface area contributed by atoms with E-state index in [9.17, 15) is 0 Å². The molecule has 1 aliphatic rings. The van der Waals surface area contributed by atoms with Gasteiger partial charge in [0, 0.05) is 23.8 Å². The summed E-state index contributed by atoms with van der Waals surface area (Å²) in [5.41, 5.74) is 6.92. The van der Waals surface area contributed by atoms with Gasteiger partial charge in [-0.05, 0) is 18.8 Å². The van der Waals surface area contributed by atoms with Crippen LogP contribution in [0.2, 0.25) is 0 Å². The lowest BCUT2D eigenvalue weighted by Crippen LogP contribution is -2.11. The van der Waals surface area contributed by atoms with Crippen LogP contribution in [0.4, 0.5) is 0 Å². The summed E-state index contributed by atoms with van der Waals surface area (Å²) < 4.78 is 0. The van der Waals surface area contributed by atoms with E-state index in [0.29, 0.717) is 5.92 Å². The van der Waals surface area contributed by atoms with Crippen molar-refractivity contribution in [2.24, 2.45) is 11.7 Å². The first kappa shape index (κ1) is 10.1. The standard InChI is InChI=1S/C11H18N2S/c1-3-8(5-12)10-6-14-11(13-10)9-4-7(9)2/h6-9H,3-5,12H2,1-2H3. The van der Waals surface area contributed by atoms with Gasteiger partial charge in [-0.3, -0.25) is 0 Å². The molecule has 2 rings (SSSR count). The minimum absolute atomic E-state index is 0.467. The first-order chi connectivity index (χ1) is 6.76.